The molecule has 38 atom stereocenters. The Morgan fingerprint density at radius 3 is 0.923 bits per heavy atom. The lowest BCUT2D eigenvalue weighted by atomic mass is 9.43. The van der Waals surface area contributed by atoms with Gasteiger partial charge in [0.1, 0.15) is 11.6 Å². The Morgan fingerprint density at radius 1 is 0.308 bits per heavy atom. The summed E-state index contributed by atoms with van der Waals surface area (Å²) in [4.78, 5) is 25.4. The number of aliphatic hydroxyl groups excluding tert-OH is 6. The molecule has 0 saturated heterocycles. The quantitative estimate of drug-likeness (QED) is 0.113. The molecule has 0 spiro atoms. The predicted octanol–water partition coefficient (Wildman–Crippen LogP) is 22.1. The van der Waals surface area contributed by atoms with E-state index < -0.39 is 0 Å². The van der Waals surface area contributed by atoms with E-state index in [0.717, 1.165) is 149 Å². The zero-order valence-electron chi connectivity index (χ0n) is 70.1. The lowest BCUT2D eigenvalue weighted by Crippen LogP contribution is -2.58. The van der Waals surface area contributed by atoms with Crippen LogP contribution in [0.4, 0.5) is 0 Å². The number of carbonyl (C=O) groups excluding carboxylic acids is 2. The zero-order chi connectivity index (χ0) is 74.8. The molecule has 6 N–H and O–H groups in total. The predicted molar refractivity (Wildman–Crippen MR) is 425 cm³/mol. The summed E-state index contributed by atoms with van der Waals surface area (Å²) in [5, 5.41) is 64.3. The third kappa shape index (κ3) is 13.8. The molecule has 16 saturated carbocycles. The summed E-state index contributed by atoms with van der Waals surface area (Å²) < 4.78 is 0. The highest BCUT2D eigenvalue weighted by atomic mass is 16.3. The first-order valence-corrected chi connectivity index (χ1v) is 46.4. The molecule has 0 heterocycles. The standard InChI is InChI=1S/2C24H42O2.2C24H40O2/c4*1-5-6-15(2)18-7-8-19-22-20(10-12-24(18,19)4)23(3)11-9-17(25)13-16(23)14-21(22)26/h2*15-22,25-26H,5-14H2,1-4H3;15-16,18-22,26H,5-14H2,1-4H3;15-20,22,25H,5-14H2,1-4H3/t15-,16+,17-,18-,19+,20+,21+,22+,23+,24-;15-,16+,17-,18-,19+,20+,21-,22+,23+,24-;15-,16+,18-,19+,20+,21?,22+,23+,24-;15-,16+,17-,18-,19+,20+,22+,23+,24-/m1111/s1. The van der Waals surface area contributed by atoms with Crippen molar-refractivity contribution in [3.8, 4) is 0 Å². The minimum absolute atomic E-state index is 0.128. The van der Waals surface area contributed by atoms with Crippen LogP contribution in [0.15, 0.2) is 0 Å². The van der Waals surface area contributed by atoms with Crippen LogP contribution >= 0.6 is 0 Å². The highest BCUT2D eigenvalue weighted by Gasteiger charge is 2.68. The van der Waals surface area contributed by atoms with Gasteiger partial charge in [0.25, 0.3) is 0 Å². The highest BCUT2D eigenvalue weighted by molar-refractivity contribution is 5.83. The Bertz CT molecular complexity index is 2820. The van der Waals surface area contributed by atoms with Crippen LogP contribution in [0.1, 0.15) is 368 Å². The molecule has 16 fully saturated rings. The van der Waals surface area contributed by atoms with Crippen molar-refractivity contribution in [3.05, 3.63) is 0 Å². The van der Waals surface area contributed by atoms with E-state index in [-0.39, 0.29) is 36.6 Å². The topological polar surface area (TPSA) is 156 Å². The molecule has 104 heavy (non-hydrogen) atoms. The number of carbonyl (C=O) groups is 2. The SMILES string of the molecule is CCC[C@@H](C)[C@H]1CC[C@H]2[C@@H]3C(=O)C[C@@H]4C[C@H](O)CC[C@]4(C)[C@H]3CC[C@]12C.CCC[C@@H](C)[C@H]1CC[C@H]2[C@@H]3C(O)C[C@@H]4CC(=O)CC[C@]4(C)[C@H]3CC[C@]12C.CCC[C@@H](C)[C@H]1CC[C@H]2[C@@H]3[C@@H](O)C[C@@H]4C[C@H](O)CC[C@]4(C)[C@H]3CC[C@]12C.CCC[C@@H](C)[C@H]1CC[C@H]2[C@@H]3[C@H](O)C[C@@H]4C[C@H](O)CC[C@]4(C)[C@H]3CC[C@]12C. The molecule has 0 aromatic rings. The molecule has 0 amide bonds. The fraction of sp³-hybridized carbons (Fsp3) is 0.979. The van der Waals surface area contributed by atoms with Crippen LogP contribution in [0.25, 0.3) is 0 Å². The van der Waals surface area contributed by atoms with Crippen LogP contribution in [0, 0.1) is 185 Å². The second kappa shape index (κ2) is 31.1. The van der Waals surface area contributed by atoms with Crippen LogP contribution in [-0.2, 0) is 9.59 Å². The van der Waals surface area contributed by atoms with Crippen molar-refractivity contribution in [3.63, 3.8) is 0 Å². The fourth-order valence-electron chi connectivity index (χ4n) is 34.8. The van der Waals surface area contributed by atoms with E-state index in [1.54, 1.807) is 0 Å². The largest absolute Gasteiger partial charge is 0.393 e. The molecule has 0 aromatic heterocycles. The zero-order valence-corrected chi connectivity index (χ0v) is 70.1. The molecule has 8 nitrogen and oxygen atoms in total. The van der Waals surface area contributed by atoms with Crippen molar-refractivity contribution in [2.45, 2.75) is 404 Å². The molecule has 596 valence electrons. The Balaban J connectivity index is 0.000000123. The fourth-order valence-corrected chi connectivity index (χ4v) is 34.8. The summed E-state index contributed by atoms with van der Waals surface area (Å²) in [5.74, 6) is 16.8. The van der Waals surface area contributed by atoms with Crippen LogP contribution in [-0.4, -0.2) is 78.8 Å². The monoisotopic (exact) mass is 1450 g/mol. The molecule has 16 aliphatic rings. The van der Waals surface area contributed by atoms with Gasteiger partial charge >= 0.3 is 0 Å². The maximum atomic E-state index is 13.3. The van der Waals surface area contributed by atoms with Crippen LogP contribution in [0.5, 0.6) is 0 Å². The van der Waals surface area contributed by atoms with E-state index in [0.29, 0.717) is 138 Å². The summed E-state index contributed by atoms with van der Waals surface area (Å²) in [5.41, 5.74) is 3.04. The first-order chi connectivity index (χ1) is 49.2. The maximum Gasteiger partial charge on any atom is 0.136 e. The van der Waals surface area contributed by atoms with Gasteiger partial charge in [0.2, 0.25) is 0 Å². The summed E-state index contributed by atoms with van der Waals surface area (Å²) in [6.07, 6.45) is 46.3. The average molecular weight is 1450 g/mol. The first-order valence-electron chi connectivity index (χ1n) is 46.4. The summed E-state index contributed by atoms with van der Waals surface area (Å²) in [6, 6.07) is 0. The van der Waals surface area contributed by atoms with Gasteiger partial charge < -0.3 is 30.6 Å². The number of aliphatic hydroxyl groups is 6. The van der Waals surface area contributed by atoms with Crippen molar-refractivity contribution < 1.29 is 40.2 Å². The lowest BCUT2D eigenvalue weighted by molar-refractivity contribution is -0.174. The Kier molecular flexibility index (Phi) is 24.3. The van der Waals surface area contributed by atoms with Crippen molar-refractivity contribution in [1.29, 1.82) is 0 Å². The number of ketones is 2. The number of fused-ring (bicyclic) bond motifs is 20. The smallest absolute Gasteiger partial charge is 0.136 e. The number of rotatable bonds is 12. The van der Waals surface area contributed by atoms with Crippen molar-refractivity contribution in [2.24, 2.45) is 185 Å². The van der Waals surface area contributed by atoms with Crippen LogP contribution < -0.4 is 0 Å². The average Bonchev–Trinajstić information content (AvgIpc) is 1.38. The molecule has 0 radical (unpaired) electrons. The van der Waals surface area contributed by atoms with Crippen molar-refractivity contribution >= 4 is 11.6 Å². The molecule has 16 aliphatic carbocycles. The molecule has 0 bridgehead atoms. The molecule has 0 aromatic carbocycles. The molecule has 8 heteroatoms. The Labute approximate surface area is 637 Å². The minimum Gasteiger partial charge on any atom is -0.393 e. The van der Waals surface area contributed by atoms with Crippen LogP contribution in [0.3, 0.4) is 0 Å². The Morgan fingerprint density at radius 2 is 0.567 bits per heavy atom. The third-order valence-corrected chi connectivity index (χ3v) is 40.3. The first kappa shape index (κ1) is 81.1. The van der Waals surface area contributed by atoms with E-state index in [1.807, 2.05) is 0 Å². The molecular formula is C96H164O8. The molecule has 16 rings (SSSR count). The number of hydrogen-bond acceptors (Lipinski definition) is 8. The second-order valence-electron chi connectivity index (χ2n) is 44.5. The molecular weight excluding hydrogens is 1280 g/mol. The van der Waals surface area contributed by atoms with Gasteiger partial charge in [-0.2, -0.15) is 0 Å². The van der Waals surface area contributed by atoms with Crippen molar-refractivity contribution in [2.75, 3.05) is 0 Å². The van der Waals surface area contributed by atoms with E-state index in [9.17, 15) is 40.2 Å². The van der Waals surface area contributed by atoms with Gasteiger partial charge in [-0.15, -0.1) is 0 Å². The van der Waals surface area contributed by atoms with Crippen LogP contribution in [0.2, 0.25) is 0 Å². The summed E-state index contributed by atoms with van der Waals surface area (Å²) in [6.45, 7) is 39.5. The van der Waals surface area contributed by atoms with Gasteiger partial charge in [0.05, 0.1) is 36.6 Å². The number of hydrogen-bond donors (Lipinski definition) is 6. The third-order valence-electron chi connectivity index (χ3n) is 40.3. The Hall–Kier alpha value is -0.900. The van der Waals surface area contributed by atoms with Crippen molar-refractivity contribution in [1.82, 2.24) is 0 Å². The molecule has 0 aliphatic heterocycles. The number of Topliss-reactive ketones (excluding diaryl/α,β-unsaturated/α-hetero) is 2. The van der Waals surface area contributed by atoms with E-state index in [4.69, 9.17) is 0 Å². The van der Waals surface area contributed by atoms with E-state index >= 15 is 0 Å². The van der Waals surface area contributed by atoms with E-state index in [1.165, 1.54) is 167 Å². The normalized spacial score (nSPS) is 53.5. The van der Waals surface area contributed by atoms with E-state index in [2.05, 4.69) is 111 Å². The van der Waals surface area contributed by atoms with Gasteiger partial charge in [0.15, 0.2) is 0 Å². The summed E-state index contributed by atoms with van der Waals surface area (Å²) >= 11 is 0. The molecule has 1 unspecified atom stereocenters. The van der Waals surface area contributed by atoms with Gasteiger partial charge in [0, 0.05) is 25.2 Å². The van der Waals surface area contributed by atoms with Gasteiger partial charge in [-0.05, 0) is 366 Å². The van der Waals surface area contributed by atoms with Gasteiger partial charge in [-0.3, -0.25) is 9.59 Å². The highest BCUT2D eigenvalue weighted by Crippen LogP contribution is 2.74. The van der Waals surface area contributed by atoms with Gasteiger partial charge in [-0.25, -0.2) is 0 Å². The lowest BCUT2D eigenvalue weighted by Gasteiger charge is -2.62. The second-order valence-corrected chi connectivity index (χ2v) is 44.5. The van der Waals surface area contributed by atoms with Gasteiger partial charge in [-0.1, -0.05) is 162 Å². The minimum atomic E-state index is -0.172. The summed E-state index contributed by atoms with van der Waals surface area (Å²) in [7, 11) is 0. The maximum absolute atomic E-state index is 13.3.